The third kappa shape index (κ3) is 4.59. The van der Waals surface area contributed by atoms with Crippen molar-refractivity contribution in [2.75, 3.05) is 13.7 Å². The summed E-state index contributed by atoms with van der Waals surface area (Å²) in [5, 5.41) is 8.85. The van der Waals surface area contributed by atoms with E-state index in [-0.39, 0.29) is 5.91 Å². The first-order chi connectivity index (χ1) is 18.0. The first-order valence-corrected chi connectivity index (χ1v) is 13.7. The fourth-order valence-electron chi connectivity index (χ4n) is 5.04. The minimum atomic E-state index is -4.80. The highest BCUT2D eigenvalue weighted by molar-refractivity contribution is 7.46. The second-order valence-electron chi connectivity index (χ2n) is 9.19. The molecule has 4 aromatic rings. The Balaban J connectivity index is 1.65. The number of rotatable bonds is 7. The monoisotopic (exact) mass is 560 g/mol. The minimum absolute atomic E-state index is 0.291. The molecule has 38 heavy (non-hydrogen) atoms. The average molecular weight is 561 g/mol. The summed E-state index contributed by atoms with van der Waals surface area (Å²) in [7, 11) is -3.28. The fourth-order valence-corrected chi connectivity index (χ4v) is 5.46. The Morgan fingerprint density at radius 3 is 2.63 bits per heavy atom. The average Bonchev–Trinajstić information content (AvgIpc) is 3.63. The standard InChI is InChI=1S/C24H26ClN6O6P/c1-15-18(25)6-7-19-21(15)29(14-37-38(33,34)35)23(28-19)24(2)9-4-12-30(24)22(32)17-13-16(36-3)5-8-20(17)31-26-10-11-27-31/h5-8,10-11,13H,4,9,12,14H2,1-3H3,(H2,33,34,35)/t24-/m0/s1. The molecule has 3 heterocycles. The summed E-state index contributed by atoms with van der Waals surface area (Å²) in [6.07, 6.45) is 4.29. The molecule has 14 heteroatoms. The Morgan fingerprint density at radius 1 is 1.21 bits per heavy atom. The van der Waals surface area contributed by atoms with E-state index in [0.29, 0.717) is 63.8 Å². The summed E-state index contributed by atoms with van der Waals surface area (Å²) < 4.78 is 23.5. The maximum atomic E-state index is 14.2. The van der Waals surface area contributed by atoms with Gasteiger partial charge in [0.1, 0.15) is 18.3 Å². The predicted octanol–water partition coefficient (Wildman–Crippen LogP) is 3.81. The zero-order valence-electron chi connectivity index (χ0n) is 20.9. The second kappa shape index (κ2) is 9.79. The van der Waals surface area contributed by atoms with Gasteiger partial charge < -0.3 is 24.0 Å². The number of benzene rings is 2. The lowest BCUT2D eigenvalue weighted by molar-refractivity contribution is 0.0581. The maximum absolute atomic E-state index is 14.2. The normalized spacial score (nSPS) is 17.9. The minimum Gasteiger partial charge on any atom is -0.497 e. The van der Waals surface area contributed by atoms with Crippen molar-refractivity contribution in [3.63, 3.8) is 0 Å². The summed E-state index contributed by atoms with van der Waals surface area (Å²) in [5.41, 5.74) is 1.70. The van der Waals surface area contributed by atoms with Gasteiger partial charge in [-0.1, -0.05) is 11.6 Å². The van der Waals surface area contributed by atoms with Crippen LogP contribution in [0.3, 0.4) is 0 Å². The molecule has 1 atom stereocenters. The van der Waals surface area contributed by atoms with E-state index in [9.17, 15) is 19.1 Å². The first kappa shape index (κ1) is 26.3. The van der Waals surface area contributed by atoms with E-state index in [2.05, 4.69) is 10.2 Å². The van der Waals surface area contributed by atoms with Crippen LogP contribution in [0.5, 0.6) is 5.75 Å². The molecular weight excluding hydrogens is 535 g/mol. The zero-order chi connectivity index (χ0) is 27.2. The Bertz CT molecular complexity index is 1570. The van der Waals surface area contributed by atoms with E-state index in [1.54, 1.807) is 46.7 Å². The van der Waals surface area contributed by atoms with Crippen molar-refractivity contribution >= 4 is 36.4 Å². The third-order valence-electron chi connectivity index (χ3n) is 6.89. The number of halogens is 1. The van der Waals surface area contributed by atoms with Crippen LogP contribution in [0.2, 0.25) is 5.02 Å². The SMILES string of the molecule is COc1ccc(-n2nccn2)c(C(=O)N2CCC[C@@]2(C)c2nc3ccc(Cl)c(C)c3n2COP(=O)(O)O)c1. The maximum Gasteiger partial charge on any atom is 0.471 e. The van der Waals surface area contributed by atoms with Gasteiger partial charge in [-0.15, -0.1) is 0 Å². The number of carbonyl (C=O) groups excluding carboxylic acids is 1. The van der Waals surface area contributed by atoms with Crippen LogP contribution in [0.4, 0.5) is 0 Å². The van der Waals surface area contributed by atoms with E-state index < -0.39 is 20.1 Å². The molecule has 1 fully saturated rings. The van der Waals surface area contributed by atoms with Crippen LogP contribution in [-0.4, -0.2) is 58.8 Å². The number of nitrogens with zero attached hydrogens (tertiary/aromatic N) is 6. The molecule has 0 radical (unpaired) electrons. The lowest BCUT2D eigenvalue weighted by Gasteiger charge is -2.35. The highest BCUT2D eigenvalue weighted by Crippen LogP contribution is 2.43. The molecule has 5 rings (SSSR count). The van der Waals surface area contributed by atoms with Crippen LogP contribution in [-0.2, 0) is 21.4 Å². The highest BCUT2D eigenvalue weighted by Gasteiger charge is 2.46. The lowest BCUT2D eigenvalue weighted by atomic mass is 9.96. The van der Waals surface area contributed by atoms with Crippen molar-refractivity contribution in [3.05, 3.63) is 64.7 Å². The smallest absolute Gasteiger partial charge is 0.471 e. The van der Waals surface area contributed by atoms with Crippen LogP contribution >= 0.6 is 19.4 Å². The fraction of sp³-hybridized carbons (Fsp3) is 0.333. The van der Waals surface area contributed by atoms with Crippen molar-refractivity contribution < 1.29 is 28.4 Å². The topological polar surface area (TPSA) is 145 Å². The molecule has 0 spiro atoms. The number of hydrogen-bond acceptors (Lipinski definition) is 7. The molecule has 2 aromatic heterocycles. The number of phosphoric ester groups is 1. The first-order valence-electron chi connectivity index (χ1n) is 11.8. The van der Waals surface area contributed by atoms with Crippen LogP contribution in [0.1, 0.15) is 41.5 Å². The van der Waals surface area contributed by atoms with Crippen LogP contribution in [0.25, 0.3) is 16.7 Å². The number of imidazole rings is 1. The number of aromatic nitrogens is 5. The number of carbonyl (C=O) groups is 1. The predicted molar refractivity (Wildman–Crippen MR) is 138 cm³/mol. The molecule has 200 valence electrons. The summed E-state index contributed by atoms with van der Waals surface area (Å²) in [4.78, 5) is 40.9. The molecular formula is C24H26ClN6O6P. The Labute approximate surface area is 223 Å². The summed E-state index contributed by atoms with van der Waals surface area (Å²) in [5.74, 6) is 0.636. The van der Waals surface area contributed by atoms with E-state index >= 15 is 0 Å². The quantitative estimate of drug-likeness (QED) is 0.322. The van der Waals surface area contributed by atoms with Crippen molar-refractivity contribution in [3.8, 4) is 11.4 Å². The van der Waals surface area contributed by atoms with Crippen molar-refractivity contribution in [1.82, 2.24) is 29.4 Å². The van der Waals surface area contributed by atoms with Gasteiger partial charge in [0.2, 0.25) is 0 Å². The van der Waals surface area contributed by atoms with E-state index in [0.717, 1.165) is 0 Å². The molecule has 1 aliphatic rings. The number of ether oxygens (including phenoxy) is 1. The van der Waals surface area contributed by atoms with Gasteiger partial charge in [-0.2, -0.15) is 15.0 Å². The Hall–Kier alpha value is -3.28. The van der Waals surface area contributed by atoms with Gasteiger partial charge in [0, 0.05) is 11.6 Å². The number of amides is 1. The number of hydrogen-bond donors (Lipinski definition) is 2. The summed E-state index contributed by atoms with van der Waals surface area (Å²) in [6, 6.07) is 8.53. The molecule has 1 saturated heterocycles. The van der Waals surface area contributed by atoms with Crippen LogP contribution in [0, 0.1) is 6.92 Å². The van der Waals surface area contributed by atoms with Crippen molar-refractivity contribution in [1.29, 1.82) is 0 Å². The van der Waals surface area contributed by atoms with Crippen molar-refractivity contribution in [2.24, 2.45) is 0 Å². The lowest BCUT2D eigenvalue weighted by Crippen LogP contribution is -2.45. The number of aryl methyl sites for hydroxylation is 1. The molecule has 0 bridgehead atoms. The van der Waals surface area contributed by atoms with Gasteiger partial charge in [-0.25, -0.2) is 9.55 Å². The highest BCUT2D eigenvalue weighted by atomic mass is 35.5. The van der Waals surface area contributed by atoms with Gasteiger partial charge >= 0.3 is 7.82 Å². The molecule has 0 unspecified atom stereocenters. The zero-order valence-corrected chi connectivity index (χ0v) is 22.6. The number of fused-ring (bicyclic) bond motifs is 1. The summed E-state index contributed by atoms with van der Waals surface area (Å²) in [6.45, 7) is 3.64. The van der Waals surface area contributed by atoms with Crippen LogP contribution < -0.4 is 4.74 Å². The van der Waals surface area contributed by atoms with E-state index in [4.69, 9.17) is 25.8 Å². The third-order valence-corrected chi connectivity index (χ3v) is 7.75. The molecule has 1 amide bonds. The second-order valence-corrected chi connectivity index (χ2v) is 10.8. The number of methoxy groups -OCH3 is 1. The molecule has 12 nitrogen and oxygen atoms in total. The number of phosphoric acid groups is 1. The Kier molecular flexibility index (Phi) is 6.79. The van der Waals surface area contributed by atoms with Gasteiger partial charge in [0.15, 0.2) is 0 Å². The molecule has 0 saturated carbocycles. The number of likely N-dealkylation sites (tertiary alicyclic amines) is 1. The van der Waals surface area contributed by atoms with Crippen molar-refractivity contribution in [2.45, 2.75) is 39.0 Å². The van der Waals surface area contributed by atoms with Gasteiger partial charge in [-0.05, 0) is 62.6 Å². The van der Waals surface area contributed by atoms with E-state index in [1.165, 1.54) is 24.3 Å². The molecule has 1 aliphatic heterocycles. The van der Waals surface area contributed by atoms with Crippen LogP contribution in [0.15, 0.2) is 42.7 Å². The van der Waals surface area contributed by atoms with Gasteiger partial charge in [-0.3, -0.25) is 9.32 Å². The molecule has 2 aromatic carbocycles. The summed E-state index contributed by atoms with van der Waals surface area (Å²) >= 11 is 6.38. The van der Waals surface area contributed by atoms with E-state index in [1.807, 2.05) is 6.92 Å². The molecule has 0 aliphatic carbocycles. The Morgan fingerprint density at radius 2 is 1.95 bits per heavy atom. The largest absolute Gasteiger partial charge is 0.497 e. The molecule has 2 N–H and O–H groups in total. The van der Waals surface area contributed by atoms with Gasteiger partial charge in [0.25, 0.3) is 5.91 Å². The van der Waals surface area contributed by atoms with Gasteiger partial charge in [0.05, 0.1) is 47.3 Å².